The molecule has 0 unspecified atom stereocenters. The second-order valence-electron chi connectivity index (χ2n) is 3.74. The fourth-order valence-electron chi connectivity index (χ4n) is 1.29. The van der Waals surface area contributed by atoms with E-state index in [1.807, 2.05) is 0 Å². The second kappa shape index (κ2) is 7.35. The zero-order valence-electron chi connectivity index (χ0n) is 10.0. The van der Waals surface area contributed by atoms with Gasteiger partial charge in [-0.25, -0.2) is 8.42 Å². The molecule has 5 nitrogen and oxygen atoms in total. The summed E-state index contributed by atoms with van der Waals surface area (Å²) >= 11 is 0. The zero-order chi connectivity index (χ0) is 12.9. The van der Waals surface area contributed by atoms with E-state index in [1.165, 1.54) is 12.1 Å². The van der Waals surface area contributed by atoms with Crippen molar-refractivity contribution in [1.29, 1.82) is 0 Å². The highest BCUT2D eigenvalue weighted by molar-refractivity contribution is 7.90. The molecule has 1 aromatic carbocycles. The van der Waals surface area contributed by atoms with Crippen molar-refractivity contribution < 1.29 is 13.2 Å². The monoisotopic (exact) mass is 292 g/mol. The third-order valence-corrected chi connectivity index (χ3v) is 3.26. The fraction of sp³-hybridized carbons (Fsp3) is 0.364. The maximum absolute atomic E-state index is 11.4. The molecular weight excluding hydrogens is 276 g/mol. The van der Waals surface area contributed by atoms with E-state index < -0.39 is 9.84 Å². The summed E-state index contributed by atoms with van der Waals surface area (Å²) < 4.78 is 22.6. The minimum absolute atomic E-state index is 0. The molecule has 0 radical (unpaired) electrons. The van der Waals surface area contributed by atoms with Gasteiger partial charge in [0, 0.05) is 18.4 Å². The Morgan fingerprint density at radius 1 is 1.39 bits per heavy atom. The van der Waals surface area contributed by atoms with E-state index in [2.05, 4.69) is 5.32 Å². The van der Waals surface area contributed by atoms with Crippen LogP contribution in [0.15, 0.2) is 29.2 Å². The number of amides is 1. The molecule has 18 heavy (non-hydrogen) atoms. The Morgan fingerprint density at radius 3 is 2.61 bits per heavy atom. The Labute approximate surface area is 113 Å². The second-order valence-corrected chi connectivity index (χ2v) is 5.76. The molecule has 1 aromatic rings. The van der Waals surface area contributed by atoms with Crippen LogP contribution in [0.2, 0.25) is 0 Å². The molecule has 0 saturated carbocycles. The van der Waals surface area contributed by atoms with Crippen molar-refractivity contribution in [3.8, 4) is 0 Å². The number of nitrogens with two attached hydrogens (primary N) is 1. The molecule has 1 rings (SSSR count). The van der Waals surface area contributed by atoms with Gasteiger partial charge in [-0.1, -0.05) is 6.07 Å². The van der Waals surface area contributed by atoms with Crippen LogP contribution in [0.3, 0.4) is 0 Å². The number of hydrogen-bond acceptors (Lipinski definition) is 4. The molecule has 0 saturated heterocycles. The van der Waals surface area contributed by atoms with Gasteiger partial charge in [-0.15, -0.1) is 12.4 Å². The molecule has 0 aliphatic rings. The molecule has 0 aliphatic carbocycles. The average molecular weight is 293 g/mol. The van der Waals surface area contributed by atoms with Crippen molar-refractivity contribution >= 4 is 33.8 Å². The molecule has 0 heterocycles. The van der Waals surface area contributed by atoms with Crippen molar-refractivity contribution in [2.75, 3.05) is 18.1 Å². The van der Waals surface area contributed by atoms with Crippen LogP contribution in [0, 0.1) is 0 Å². The van der Waals surface area contributed by atoms with E-state index in [0.717, 1.165) is 6.26 Å². The number of sulfone groups is 1. The van der Waals surface area contributed by atoms with Gasteiger partial charge < -0.3 is 11.1 Å². The standard InChI is InChI=1S/C11H16N2O3S.ClH/c1-17(15,16)10-5-2-4-9(8-10)13-11(14)6-3-7-12;/h2,4-5,8H,3,6-7,12H2,1H3,(H,13,14);1H. The number of anilines is 1. The fourth-order valence-corrected chi connectivity index (χ4v) is 1.96. The van der Waals surface area contributed by atoms with E-state index in [4.69, 9.17) is 5.73 Å². The van der Waals surface area contributed by atoms with Gasteiger partial charge in [-0.05, 0) is 31.2 Å². The number of nitrogens with one attached hydrogen (secondary N) is 1. The average Bonchev–Trinajstić information content (AvgIpc) is 2.25. The molecule has 0 aromatic heterocycles. The van der Waals surface area contributed by atoms with Crippen LogP contribution >= 0.6 is 12.4 Å². The van der Waals surface area contributed by atoms with Gasteiger partial charge in [0.1, 0.15) is 0 Å². The van der Waals surface area contributed by atoms with Gasteiger partial charge in [0.2, 0.25) is 5.91 Å². The van der Waals surface area contributed by atoms with Gasteiger partial charge in [-0.3, -0.25) is 4.79 Å². The summed E-state index contributed by atoms with van der Waals surface area (Å²) in [5, 5.41) is 2.63. The lowest BCUT2D eigenvalue weighted by atomic mass is 10.2. The zero-order valence-corrected chi connectivity index (χ0v) is 11.7. The van der Waals surface area contributed by atoms with Crippen LogP contribution in [0.4, 0.5) is 5.69 Å². The molecule has 102 valence electrons. The van der Waals surface area contributed by atoms with Crippen molar-refractivity contribution in [2.45, 2.75) is 17.7 Å². The molecule has 0 bridgehead atoms. The van der Waals surface area contributed by atoms with Crippen molar-refractivity contribution in [3.63, 3.8) is 0 Å². The molecule has 7 heteroatoms. The predicted molar refractivity (Wildman–Crippen MR) is 73.7 cm³/mol. The van der Waals surface area contributed by atoms with Crippen LogP contribution in [0.25, 0.3) is 0 Å². The van der Waals surface area contributed by atoms with Crippen molar-refractivity contribution in [2.24, 2.45) is 5.73 Å². The highest BCUT2D eigenvalue weighted by Gasteiger charge is 2.08. The van der Waals surface area contributed by atoms with Gasteiger partial charge in [0.15, 0.2) is 9.84 Å². The summed E-state index contributed by atoms with van der Waals surface area (Å²) in [6, 6.07) is 6.17. The number of carbonyl (C=O) groups is 1. The lowest BCUT2D eigenvalue weighted by Gasteiger charge is -2.06. The summed E-state index contributed by atoms with van der Waals surface area (Å²) in [6.07, 6.45) is 2.07. The van der Waals surface area contributed by atoms with Crippen LogP contribution in [-0.4, -0.2) is 27.1 Å². The number of hydrogen-bond donors (Lipinski definition) is 2. The quantitative estimate of drug-likeness (QED) is 0.853. The number of rotatable bonds is 5. The molecular formula is C11H17ClN2O3S. The number of carbonyl (C=O) groups excluding carboxylic acids is 1. The van der Waals surface area contributed by atoms with Crippen molar-refractivity contribution in [3.05, 3.63) is 24.3 Å². The Bertz CT molecular complexity index is 503. The lowest BCUT2D eigenvalue weighted by Crippen LogP contribution is -2.13. The highest BCUT2D eigenvalue weighted by Crippen LogP contribution is 2.15. The van der Waals surface area contributed by atoms with Crippen molar-refractivity contribution in [1.82, 2.24) is 0 Å². The van der Waals surface area contributed by atoms with Crippen LogP contribution in [0.1, 0.15) is 12.8 Å². The summed E-state index contributed by atoms with van der Waals surface area (Å²) in [7, 11) is -3.25. The molecule has 1 amide bonds. The molecule has 0 aliphatic heterocycles. The smallest absolute Gasteiger partial charge is 0.224 e. The van der Waals surface area contributed by atoms with Crippen LogP contribution in [-0.2, 0) is 14.6 Å². The first-order chi connectivity index (χ1) is 7.93. The Hall–Kier alpha value is -1.11. The third kappa shape index (κ3) is 5.48. The van der Waals surface area contributed by atoms with Gasteiger partial charge in [0.25, 0.3) is 0 Å². The molecule has 0 fully saturated rings. The van der Waals surface area contributed by atoms with Gasteiger partial charge in [-0.2, -0.15) is 0 Å². The highest BCUT2D eigenvalue weighted by atomic mass is 35.5. The molecule has 0 spiro atoms. The Kier molecular flexibility index (Phi) is 6.90. The first-order valence-corrected chi connectivity index (χ1v) is 7.12. The van der Waals surface area contributed by atoms with E-state index >= 15 is 0 Å². The normalized spacial score (nSPS) is 10.6. The summed E-state index contributed by atoms with van der Waals surface area (Å²) in [4.78, 5) is 11.6. The first kappa shape index (κ1) is 16.9. The van der Waals surface area contributed by atoms with Crippen LogP contribution < -0.4 is 11.1 Å². The van der Waals surface area contributed by atoms with Gasteiger partial charge >= 0.3 is 0 Å². The van der Waals surface area contributed by atoms with Crippen LogP contribution in [0.5, 0.6) is 0 Å². The van der Waals surface area contributed by atoms with E-state index in [9.17, 15) is 13.2 Å². The maximum atomic E-state index is 11.4. The maximum Gasteiger partial charge on any atom is 0.224 e. The third-order valence-electron chi connectivity index (χ3n) is 2.15. The first-order valence-electron chi connectivity index (χ1n) is 5.23. The number of benzene rings is 1. The van der Waals surface area contributed by atoms with E-state index in [1.54, 1.807) is 12.1 Å². The van der Waals surface area contributed by atoms with Gasteiger partial charge in [0.05, 0.1) is 4.90 Å². The predicted octanol–water partition coefficient (Wildman–Crippen LogP) is 1.19. The molecule has 3 N–H and O–H groups in total. The largest absolute Gasteiger partial charge is 0.330 e. The Morgan fingerprint density at radius 2 is 2.06 bits per heavy atom. The summed E-state index contributed by atoms with van der Waals surface area (Å²) in [5.74, 6) is -0.166. The van der Waals surface area contributed by atoms with E-state index in [0.29, 0.717) is 25.1 Å². The van der Waals surface area contributed by atoms with E-state index in [-0.39, 0.29) is 23.2 Å². The topological polar surface area (TPSA) is 89.3 Å². The summed E-state index contributed by atoms with van der Waals surface area (Å²) in [6.45, 7) is 0.455. The Balaban J connectivity index is 0.00000289. The SMILES string of the molecule is CS(=O)(=O)c1cccc(NC(=O)CCCN)c1.Cl. The molecule has 0 atom stereocenters. The summed E-state index contributed by atoms with van der Waals surface area (Å²) in [5.41, 5.74) is 5.77. The minimum atomic E-state index is -3.25. The number of halogens is 1. The minimum Gasteiger partial charge on any atom is -0.330 e. The lowest BCUT2D eigenvalue weighted by molar-refractivity contribution is -0.116.